The Labute approximate surface area is 228 Å². The van der Waals surface area contributed by atoms with E-state index in [1.165, 1.54) is 0 Å². The molecule has 1 aliphatic rings. The van der Waals surface area contributed by atoms with Crippen molar-refractivity contribution in [2.45, 2.75) is 97.6 Å². The third kappa shape index (κ3) is 7.03. The lowest BCUT2D eigenvalue weighted by molar-refractivity contribution is 0.318. The van der Waals surface area contributed by atoms with E-state index in [4.69, 9.17) is 4.99 Å². The van der Waals surface area contributed by atoms with E-state index < -0.39 is 6.67 Å². The second-order valence-electron chi connectivity index (χ2n) is 10.4. The van der Waals surface area contributed by atoms with Gasteiger partial charge in [-0.05, 0) is 63.9 Å². The minimum absolute atomic E-state index is 0.156. The number of unbranched alkanes of at least 4 members (excludes halogenated alkanes) is 1. The van der Waals surface area contributed by atoms with Crippen LogP contribution in [-0.4, -0.2) is 30.0 Å². The average Bonchev–Trinajstić information content (AvgIpc) is 3.20. The maximum Gasteiger partial charge on any atom is 0.150 e. The monoisotopic (exact) mass is 521 g/mol. The van der Waals surface area contributed by atoms with Crippen molar-refractivity contribution in [2.75, 3.05) is 13.2 Å². The Hall–Kier alpha value is -2.71. The number of allylic oxidation sites excluding steroid dienone is 2. The summed E-state index contributed by atoms with van der Waals surface area (Å²) in [7, 11) is 0. The molecular weight excluding hydrogens is 476 g/mol. The lowest BCUT2D eigenvalue weighted by atomic mass is 9.92. The lowest BCUT2D eigenvalue weighted by Crippen LogP contribution is -2.35. The highest BCUT2D eigenvalue weighted by Crippen LogP contribution is 2.42. The van der Waals surface area contributed by atoms with Crippen molar-refractivity contribution in [3.05, 3.63) is 53.5 Å². The third-order valence-corrected chi connectivity index (χ3v) is 7.49. The van der Waals surface area contributed by atoms with E-state index >= 15 is 4.39 Å². The summed E-state index contributed by atoms with van der Waals surface area (Å²) < 4.78 is 31.4. The fourth-order valence-corrected chi connectivity index (χ4v) is 4.89. The van der Waals surface area contributed by atoms with Crippen LogP contribution in [0.4, 0.5) is 8.78 Å². The highest BCUT2D eigenvalue weighted by Gasteiger charge is 2.30. The minimum Gasteiger partial charge on any atom is -0.333 e. The van der Waals surface area contributed by atoms with Crippen LogP contribution in [0.25, 0.3) is 16.6 Å². The first-order chi connectivity index (χ1) is 18.5. The van der Waals surface area contributed by atoms with Crippen LogP contribution < -0.4 is 5.32 Å². The molecule has 1 saturated carbocycles. The number of fused-ring (bicyclic) bond motifs is 1. The summed E-state index contributed by atoms with van der Waals surface area (Å²) in [6, 6.07) is 3.96. The molecule has 2 unspecified atom stereocenters. The predicted molar refractivity (Wildman–Crippen MR) is 159 cm³/mol. The van der Waals surface area contributed by atoms with Gasteiger partial charge in [-0.3, -0.25) is 4.99 Å². The number of rotatable bonds is 14. The first-order valence-corrected chi connectivity index (χ1v) is 14.5. The molecule has 38 heavy (non-hydrogen) atoms. The Kier molecular flexibility index (Phi) is 11.8. The van der Waals surface area contributed by atoms with Gasteiger partial charge in [0, 0.05) is 42.6 Å². The Balaban J connectivity index is 2.08. The SMILES string of the molecule is C=CCCC(CF)NCC(C=N/C(=C\CC)c1c(C#CCCC)c2ccc(C)c(F)c2n1C1CCC1)CC. The first kappa shape index (κ1) is 29.8. The van der Waals surface area contributed by atoms with Crippen molar-refractivity contribution in [1.82, 2.24) is 9.88 Å². The van der Waals surface area contributed by atoms with E-state index in [1.54, 1.807) is 0 Å². The second kappa shape index (κ2) is 15.0. The largest absolute Gasteiger partial charge is 0.333 e. The highest BCUT2D eigenvalue weighted by molar-refractivity contribution is 5.95. The molecule has 1 fully saturated rings. The van der Waals surface area contributed by atoms with Gasteiger partial charge in [-0.1, -0.05) is 56.9 Å². The van der Waals surface area contributed by atoms with Gasteiger partial charge in [-0.25, -0.2) is 8.78 Å². The molecule has 206 valence electrons. The fourth-order valence-electron chi connectivity index (χ4n) is 4.89. The molecule has 0 radical (unpaired) electrons. The molecule has 3 nitrogen and oxygen atoms in total. The van der Waals surface area contributed by atoms with E-state index in [9.17, 15) is 4.39 Å². The van der Waals surface area contributed by atoms with Crippen LogP contribution in [0.15, 0.2) is 35.9 Å². The van der Waals surface area contributed by atoms with Gasteiger partial charge in [-0.15, -0.1) is 6.58 Å². The Morgan fingerprint density at radius 3 is 2.68 bits per heavy atom. The van der Waals surface area contributed by atoms with Crippen LogP contribution >= 0.6 is 0 Å². The highest BCUT2D eigenvalue weighted by atomic mass is 19.1. The van der Waals surface area contributed by atoms with Gasteiger partial charge in [0.2, 0.25) is 0 Å². The standard InChI is InChI=1S/C33H45F2N3/c1-6-10-12-18-28-29-20-19-24(5)31(35)33(29)38(27-16-13-17-27)32(28)30(14-8-3)37-23-25(9-4)22-36-26(21-34)15-11-7-2/h7,14,19-20,23,25-27,36H,2,6,8-11,13,15-17,21-22H2,1,3-5H3/b30-14-,37-23?. The summed E-state index contributed by atoms with van der Waals surface area (Å²) in [6.07, 6.45) is 14.2. The number of benzene rings is 1. The average molecular weight is 522 g/mol. The topological polar surface area (TPSA) is 29.3 Å². The molecule has 1 N–H and O–H groups in total. The molecule has 0 saturated heterocycles. The van der Waals surface area contributed by atoms with Crippen LogP contribution in [0.1, 0.15) is 101 Å². The third-order valence-electron chi connectivity index (χ3n) is 7.49. The quantitative estimate of drug-likeness (QED) is 0.150. The lowest BCUT2D eigenvalue weighted by Gasteiger charge is -2.30. The van der Waals surface area contributed by atoms with Crippen LogP contribution in [0.2, 0.25) is 0 Å². The number of halogens is 2. The van der Waals surface area contributed by atoms with Crippen LogP contribution in [0.5, 0.6) is 0 Å². The number of hydrogen-bond donors (Lipinski definition) is 1. The van der Waals surface area contributed by atoms with E-state index in [0.29, 0.717) is 17.6 Å². The Morgan fingerprint density at radius 1 is 1.29 bits per heavy atom. The number of aliphatic imine (C=N–C) groups is 1. The van der Waals surface area contributed by atoms with E-state index in [1.807, 2.05) is 31.3 Å². The Bertz CT molecular complexity index is 1190. The van der Waals surface area contributed by atoms with Gasteiger partial charge in [0.05, 0.1) is 22.5 Å². The van der Waals surface area contributed by atoms with Crippen molar-refractivity contribution >= 4 is 22.8 Å². The zero-order chi connectivity index (χ0) is 27.5. The summed E-state index contributed by atoms with van der Waals surface area (Å²) in [4.78, 5) is 5.03. The molecule has 2 aromatic rings. The molecule has 0 aliphatic heterocycles. The molecule has 3 rings (SSSR count). The first-order valence-electron chi connectivity index (χ1n) is 14.5. The van der Waals surface area contributed by atoms with E-state index in [0.717, 1.165) is 80.1 Å². The van der Waals surface area contributed by atoms with Crippen molar-refractivity contribution < 1.29 is 8.78 Å². The predicted octanol–water partition coefficient (Wildman–Crippen LogP) is 8.71. The number of nitrogens with zero attached hydrogens (tertiary/aromatic N) is 2. The summed E-state index contributed by atoms with van der Waals surface area (Å²) in [5.74, 6) is 6.73. The molecule has 1 aromatic carbocycles. The molecular formula is C33H45F2N3. The van der Waals surface area contributed by atoms with Crippen LogP contribution in [0, 0.1) is 30.5 Å². The normalized spacial score (nSPS) is 15.9. The van der Waals surface area contributed by atoms with E-state index in [2.05, 4.69) is 55.2 Å². The number of hydrogen-bond acceptors (Lipinski definition) is 2. The van der Waals surface area contributed by atoms with Crippen molar-refractivity contribution in [3.8, 4) is 11.8 Å². The fraction of sp³-hybridized carbons (Fsp3) is 0.545. The number of nitrogens with one attached hydrogen (secondary N) is 1. The molecule has 5 heteroatoms. The van der Waals surface area contributed by atoms with E-state index in [-0.39, 0.29) is 23.8 Å². The van der Waals surface area contributed by atoms with Crippen LogP contribution in [-0.2, 0) is 0 Å². The van der Waals surface area contributed by atoms with Gasteiger partial charge in [-0.2, -0.15) is 0 Å². The zero-order valence-electron chi connectivity index (χ0n) is 23.8. The molecule has 1 heterocycles. The van der Waals surface area contributed by atoms with Gasteiger partial charge >= 0.3 is 0 Å². The van der Waals surface area contributed by atoms with Gasteiger partial charge in [0.15, 0.2) is 0 Å². The molecule has 2 atom stereocenters. The summed E-state index contributed by atoms with van der Waals surface area (Å²) in [6.45, 7) is 12.2. The number of aryl methyl sites for hydroxylation is 1. The maximum absolute atomic E-state index is 15.7. The molecule has 0 bridgehead atoms. The zero-order valence-corrected chi connectivity index (χ0v) is 23.8. The van der Waals surface area contributed by atoms with Crippen molar-refractivity contribution in [3.63, 3.8) is 0 Å². The maximum atomic E-state index is 15.7. The van der Waals surface area contributed by atoms with Gasteiger partial charge in [0.1, 0.15) is 12.5 Å². The minimum atomic E-state index is -0.394. The Morgan fingerprint density at radius 2 is 2.08 bits per heavy atom. The van der Waals surface area contributed by atoms with Gasteiger partial charge in [0.25, 0.3) is 0 Å². The van der Waals surface area contributed by atoms with Crippen molar-refractivity contribution in [1.29, 1.82) is 0 Å². The molecule has 1 aromatic heterocycles. The van der Waals surface area contributed by atoms with Crippen LogP contribution in [0.3, 0.4) is 0 Å². The second-order valence-corrected chi connectivity index (χ2v) is 10.4. The summed E-state index contributed by atoms with van der Waals surface area (Å²) >= 11 is 0. The molecule has 0 amide bonds. The number of aromatic nitrogens is 1. The summed E-state index contributed by atoms with van der Waals surface area (Å²) in [5, 5.41) is 4.24. The summed E-state index contributed by atoms with van der Waals surface area (Å²) in [5.41, 5.74) is 3.97. The smallest absolute Gasteiger partial charge is 0.150 e. The van der Waals surface area contributed by atoms with Crippen molar-refractivity contribution in [2.24, 2.45) is 10.9 Å². The van der Waals surface area contributed by atoms with Gasteiger partial charge < -0.3 is 9.88 Å². The molecule has 0 spiro atoms. The molecule has 1 aliphatic carbocycles. The number of alkyl halides is 1.